The normalized spacial score (nSPS) is 10.3. The van der Waals surface area contributed by atoms with E-state index in [9.17, 15) is 14.9 Å². The van der Waals surface area contributed by atoms with Gasteiger partial charge < -0.3 is 10.1 Å². The van der Waals surface area contributed by atoms with Gasteiger partial charge in [0.05, 0.1) is 4.92 Å². The monoisotopic (exact) mass is 352 g/mol. The standard InChI is InChI=1S/C18H16N4O4/c1-21-10-9-17(20-21)19-18(23)14-4-2-3-13(11-14)12-26-16-7-5-15(6-8-16)22(24)25/h2-11H,12H2,1H3,(H,19,20,23). The van der Waals surface area contributed by atoms with Gasteiger partial charge in [-0.25, -0.2) is 0 Å². The van der Waals surface area contributed by atoms with Gasteiger partial charge >= 0.3 is 0 Å². The predicted molar refractivity (Wildman–Crippen MR) is 95.0 cm³/mol. The SMILES string of the molecule is Cn1ccc(NC(=O)c2cccc(COc3ccc([N+](=O)[O-])cc3)c2)n1. The second-order valence-electron chi connectivity index (χ2n) is 5.57. The number of carbonyl (C=O) groups excluding carboxylic acids is 1. The lowest BCUT2D eigenvalue weighted by Gasteiger charge is -2.08. The Kier molecular flexibility index (Phi) is 4.93. The van der Waals surface area contributed by atoms with Crippen LogP contribution in [-0.4, -0.2) is 20.6 Å². The summed E-state index contributed by atoms with van der Waals surface area (Å²) >= 11 is 0. The topological polar surface area (TPSA) is 99.3 Å². The van der Waals surface area contributed by atoms with Crippen LogP contribution < -0.4 is 10.1 Å². The highest BCUT2D eigenvalue weighted by atomic mass is 16.6. The van der Waals surface area contributed by atoms with Crippen LogP contribution in [0.1, 0.15) is 15.9 Å². The van der Waals surface area contributed by atoms with Crippen molar-refractivity contribution in [2.24, 2.45) is 7.05 Å². The number of carbonyl (C=O) groups is 1. The molecule has 0 spiro atoms. The fourth-order valence-corrected chi connectivity index (χ4v) is 2.30. The highest BCUT2D eigenvalue weighted by Gasteiger charge is 2.09. The molecule has 3 aromatic rings. The van der Waals surface area contributed by atoms with Gasteiger partial charge in [-0.1, -0.05) is 12.1 Å². The summed E-state index contributed by atoms with van der Waals surface area (Å²) in [6.07, 6.45) is 1.74. The van der Waals surface area contributed by atoms with Crippen LogP contribution in [0.25, 0.3) is 0 Å². The molecule has 0 aliphatic carbocycles. The maximum absolute atomic E-state index is 12.3. The number of hydrogen-bond acceptors (Lipinski definition) is 5. The van der Waals surface area contributed by atoms with Crippen LogP contribution in [0, 0.1) is 10.1 Å². The summed E-state index contributed by atoms with van der Waals surface area (Å²) in [7, 11) is 1.77. The number of anilines is 1. The molecule has 0 saturated carbocycles. The Morgan fingerprint density at radius 3 is 2.65 bits per heavy atom. The number of nitrogens with zero attached hydrogens (tertiary/aromatic N) is 3. The summed E-state index contributed by atoms with van der Waals surface area (Å²) in [5.74, 6) is 0.727. The van der Waals surface area contributed by atoms with E-state index >= 15 is 0 Å². The Balaban J connectivity index is 1.63. The molecule has 0 aliphatic rings. The third-order valence-corrected chi connectivity index (χ3v) is 3.60. The van der Waals surface area contributed by atoms with Crippen molar-refractivity contribution in [3.05, 3.63) is 82.0 Å². The van der Waals surface area contributed by atoms with Gasteiger partial charge in [0.25, 0.3) is 11.6 Å². The number of non-ortho nitro benzene ring substituents is 1. The lowest BCUT2D eigenvalue weighted by molar-refractivity contribution is -0.384. The lowest BCUT2D eigenvalue weighted by Crippen LogP contribution is -2.13. The fourth-order valence-electron chi connectivity index (χ4n) is 2.30. The molecule has 8 heteroatoms. The Morgan fingerprint density at radius 1 is 1.23 bits per heavy atom. The summed E-state index contributed by atoms with van der Waals surface area (Å²) in [5, 5.41) is 17.5. The highest BCUT2D eigenvalue weighted by Crippen LogP contribution is 2.19. The summed E-state index contributed by atoms with van der Waals surface area (Å²) < 4.78 is 7.21. The number of hydrogen-bond donors (Lipinski definition) is 1. The van der Waals surface area contributed by atoms with E-state index in [1.54, 1.807) is 42.2 Å². The minimum Gasteiger partial charge on any atom is -0.489 e. The van der Waals surface area contributed by atoms with E-state index in [2.05, 4.69) is 10.4 Å². The van der Waals surface area contributed by atoms with Gasteiger partial charge in [0.2, 0.25) is 0 Å². The van der Waals surface area contributed by atoms with Crippen molar-refractivity contribution < 1.29 is 14.5 Å². The average Bonchev–Trinajstić information content (AvgIpc) is 3.05. The fraction of sp³-hybridized carbons (Fsp3) is 0.111. The van der Waals surface area contributed by atoms with E-state index in [1.807, 2.05) is 6.07 Å². The van der Waals surface area contributed by atoms with Crippen molar-refractivity contribution in [2.75, 3.05) is 5.32 Å². The van der Waals surface area contributed by atoms with Crippen molar-refractivity contribution in [1.29, 1.82) is 0 Å². The molecule has 8 nitrogen and oxygen atoms in total. The van der Waals surface area contributed by atoms with Gasteiger partial charge in [-0.15, -0.1) is 0 Å². The van der Waals surface area contributed by atoms with Crippen LogP contribution in [-0.2, 0) is 13.7 Å². The molecule has 1 amide bonds. The highest BCUT2D eigenvalue weighted by molar-refractivity contribution is 6.03. The van der Waals surface area contributed by atoms with Crippen molar-refractivity contribution in [1.82, 2.24) is 9.78 Å². The van der Waals surface area contributed by atoms with Gasteiger partial charge in [0.1, 0.15) is 12.4 Å². The van der Waals surface area contributed by atoms with E-state index in [0.717, 1.165) is 5.56 Å². The number of benzene rings is 2. The molecule has 0 fully saturated rings. The summed E-state index contributed by atoms with van der Waals surface area (Å²) in [6.45, 7) is 0.239. The Hall–Kier alpha value is -3.68. The zero-order valence-electron chi connectivity index (χ0n) is 14.0. The number of nitro benzene ring substituents is 1. The number of ether oxygens (including phenoxy) is 1. The second-order valence-corrected chi connectivity index (χ2v) is 5.57. The number of aromatic nitrogens is 2. The third kappa shape index (κ3) is 4.23. The lowest BCUT2D eigenvalue weighted by atomic mass is 10.1. The van der Waals surface area contributed by atoms with Crippen LogP contribution in [0.3, 0.4) is 0 Å². The first-order chi connectivity index (χ1) is 12.5. The summed E-state index contributed by atoms with van der Waals surface area (Å²) in [6, 6.07) is 14.6. The number of aryl methyl sites for hydroxylation is 1. The van der Waals surface area contributed by atoms with Crippen LogP contribution in [0.4, 0.5) is 11.5 Å². The minimum atomic E-state index is -0.465. The largest absolute Gasteiger partial charge is 0.489 e. The molecular formula is C18H16N4O4. The molecule has 26 heavy (non-hydrogen) atoms. The van der Waals surface area contributed by atoms with Crippen molar-refractivity contribution in [2.45, 2.75) is 6.61 Å². The summed E-state index contributed by atoms with van der Waals surface area (Å²) in [5.41, 5.74) is 1.29. The molecule has 0 unspecified atom stereocenters. The molecule has 0 radical (unpaired) electrons. The van der Waals surface area contributed by atoms with Gasteiger partial charge in [-0.2, -0.15) is 5.10 Å². The number of amides is 1. The van der Waals surface area contributed by atoms with Gasteiger partial charge in [0.15, 0.2) is 5.82 Å². The molecule has 1 N–H and O–H groups in total. The first kappa shape index (κ1) is 17.2. The Bertz CT molecular complexity index is 934. The smallest absolute Gasteiger partial charge is 0.269 e. The molecule has 3 rings (SSSR count). The van der Waals surface area contributed by atoms with E-state index in [4.69, 9.17) is 4.74 Å². The number of nitro groups is 1. The first-order valence-electron chi connectivity index (χ1n) is 7.78. The zero-order chi connectivity index (χ0) is 18.5. The van der Waals surface area contributed by atoms with Crippen LogP contribution >= 0.6 is 0 Å². The van der Waals surface area contributed by atoms with Crippen molar-refractivity contribution in [3.63, 3.8) is 0 Å². The maximum Gasteiger partial charge on any atom is 0.269 e. The molecule has 0 bridgehead atoms. The quantitative estimate of drug-likeness (QED) is 0.543. The molecule has 1 aromatic heterocycles. The molecular weight excluding hydrogens is 336 g/mol. The van der Waals surface area contributed by atoms with Crippen LogP contribution in [0.15, 0.2) is 60.8 Å². The van der Waals surface area contributed by atoms with Crippen molar-refractivity contribution in [3.8, 4) is 5.75 Å². The van der Waals surface area contributed by atoms with Crippen LogP contribution in [0.5, 0.6) is 5.75 Å². The molecule has 1 heterocycles. The third-order valence-electron chi connectivity index (χ3n) is 3.60. The molecule has 0 atom stereocenters. The maximum atomic E-state index is 12.3. The van der Waals surface area contributed by atoms with E-state index in [-0.39, 0.29) is 18.2 Å². The van der Waals surface area contributed by atoms with Crippen LogP contribution in [0.2, 0.25) is 0 Å². The number of nitrogens with one attached hydrogen (secondary N) is 1. The Labute approximate surface area is 149 Å². The molecule has 0 saturated heterocycles. The molecule has 2 aromatic carbocycles. The zero-order valence-corrected chi connectivity index (χ0v) is 14.0. The minimum absolute atomic E-state index is 0.00513. The van der Waals surface area contributed by atoms with Gasteiger partial charge in [-0.05, 0) is 29.8 Å². The molecule has 0 aliphatic heterocycles. The first-order valence-corrected chi connectivity index (χ1v) is 7.78. The van der Waals surface area contributed by atoms with E-state index in [1.165, 1.54) is 24.3 Å². The van der Waals surface area contributed by atoms with Gasteiger partial charge in [0, 0.05) is 37.0 Å². The summed E-state index contributed by atoms with van der Waals surface area (Å²) in [4.78, 5) is 22.5. The Morgan fingerprint density at radius 2 is 2.00 bits per heavy atom. The number of rotatable bonds is 6. The van der Waals surface area contributed by atoms with E-state index in [0.29, 0.717) is 17.1 Å². The average molecular weight is 352 g/mol. The van der Waals surface area contributed by atoms with Crippen molar-refractivity contribution >= 4 is 17.4 Å². The molecule has 132 valence electrons. The van der Waals surface area contributed by atoms with E-state index < -0.39 is 4.92 Å². The van der Waals surface area contributed by atoms with Gasteiger partial charge in [-0.3, -0.25) is 19.6 Å². The second kappa shape index (κ2) is 7.47. The predicted octanol–water partition coefficient (Wildman–Crippen LogP) is 3.16.